The fourth-order valence-corrected chi connectivity index (χ4v) is 1.84. The van der Waals surface area contributed by atoms with Crippen LogP contribution in [-0.4, -0.2) is 36.7 Å². The zero-order valence-corrected chi connectivity index (χ0v) is 11.6. The molecule has 0 aliphatic heterocycles. The van der Waals surface area contributed by atoms with Gasteiger partial charge < -0.3 is 10.5 Å². The van der Waals surface area contributed by atoms with Crippen LogP contribution in [0.2, 0.25) is 0 Å². The van der Waals surface area contributed by atoms with Crippen LogP contribution in [0.3, 0.4) is 0 Å². The van der Waals surface area contributed by atoms with Crippen molar-refractivity contribution in [3.8, 4) is 0 Å². The summed E-state index contributed by atoms with van der Waals surface area (Å²) in [4.78, 5) is 2.31. The summed E-state index contributed by atoms with van der Waals surface area (Å²) in [7, 11) is 1.98. The number of hydrogen-bond acceptors (Lipinski definition) is 3. The smallest absolute Gasteiger partial charge is 0.123 e. The van der Waals surface area contributed by atoms with Crippen LogP contribution in [0.1, 0.15) is 18.1 Å². The maximum absolute atomic E-state index is 13.1. The largest absolute Gasteiger partial charge is 0.389 e. The minimum atomic E-state index is -0.321. The first-order valence-electron chi connectivity index (χ1n) is 5.89. The molecule has 0 atom stereocenters. The second-order valence-electron chi connectivity index (χ2n) is 4.10. The van der Waals surface area contributed by atoms with Crippen molar-refractivity contribution in [2.24, 2.45) is 5.73 Å². The normalized spacial score (nSPS) is 10.9. The zero-order chi connectivity index (χ0) is 13.5. The lowest BCUT2D eigenvalue weighted by atomic mass is 10.1. The van der Waals surface area contributed by atoms with Gasteiger partial charge in [0.25, 0.3) is 0 Å². The molecule has 0 saturated heterocycles. The molecule has 0 aromatic heterocycles. The van der Waals surface area contributed by atoms with Gasteiger partial charge in [-0.25, -0.2) is 4.39 Å². The Morgan fingerprint density at radius 1 is 1.50 bits per heavy atom. The number of likely N-dealkylation sites (N-methyl/N-ethyl adjacent to an activating group) is 1. The van der Waals surface area contributed by atoms with E-state index in [0.29, 0.717) is 25.3 Å². The molecule has 18 heavy (non-hydrogen) atoms. The third-order valence-electron chi connectivity index (χ3n) is 2.60. The molecule has 1 aromatic carbocycles. The predicted molar refractivity (Wildman–Crippen MR) is 75.1 cm³/mol. The van der Waals surface area contributed by atoms with E-state index >= 15 is 0 Å². The molecular formula is C13H19FN2OS. The van der Waals surface area contributed by atoms with E-state index in [1.165, 1.54) is 12.1 Å². The molecule has 0 amide bonds. The van der Waals surface area contributed by atoms with Gasteiger partial charge in [0.2, 0.25) is 0 Å². The summed E-state index contributed by atoms with van der Waals surface area (Å²) in [5.41, 5.74) is 7.14. The molecule has 0 fully saturated rings. The number of rotatable bonds is 7. The number of thiocarbonyl (C=S) groups is 1. The second kappa shape index (κ2) is 7.41. The van der Waals surface area contributed by atoms with E-state index < -0.39 is 0 Å². The third kappa shape index (κ3) is 4.68. The lowest BCUT2D eigenvalue weighted by Gasteiger charge is -2.18. The Labute approximate surface area is 113 Å². The van der Waals surface area contributed by atoms with Gasteiger partial charge in [-0.15, -0.1) is 0 Å². The number of benzene rings is 1. The van der Waals surface area contributed by atoms with Gasteiger partial charge in [-0.05, 0) is 31.7 Å². The third-order valence-corrected chi connectivity index (χ3v) is 2.82. The quantitative estimate of drug-likeness (QED) is 0.607. The monoisotopic (exact) mass is 270 g/mol. The van der Waals surface area contributed by atoms with Gasteiger partial charge in [0.15, 0.2) is 0 Å². The molecule has 0 unspecified atom stereocenters. The van der Waals surface area contributed by atoms with E-state index in [4.69, 9.17) is 22.7 Å². The number of halogens is 1. The van der Waals surface area contributed by atoms with Crippen molar-refractivity contribution in [3.63, 3.8) is 0 Å². The summed E-state index contributed by atoms with van der Waals surface area (Å²) in [6.07, 6.45) is 0. The van der Waals surface area contributed by atoms with Gasteiger partial charge in [-0.1, -0.05) is 18.3 Å². The van der Waals surface area contributed by atoms with Gasteiger partial charge in [0.1, 0.15) is 10.8 Å². The summed E-state index contributed by atoms with van der Waals surface area (Å²) in [6.45, 7) is 4.83. The standard InChI is InChI=1S/C13H19FN2OS/c1-3-17-7-6-16(2)9-10-4-5-11(14)8-12(10)13(15)18/h4-5,8H,3,6-7,9H2,1-2H3,(H2,15,18). The Kier molecular flexibility index (Phi) is 6.18. The van der Waals surface area contributed by atoms with E-state index in [1.54, 1.807) is 6.07 Å². The molecule has 3 nitrogen and oxygen atoms in total. The van der Waals surface area contributed by atoms with Crippen LogP contribution in [-0.2, 0) is 11.3 Å². The Morgan fingerprint density at radius 2 is 2.22 bits per heavy atom. The Morgan fingerprint density at radius 3 is 2.83 bits per heavy atom. The number of ether oxygens (including phenoxy) is 1. The summed E-state index contributed by atoms with van der Waals surface area (Å²) in [5, 5.41) is 0. The first kappa shape index (κ1) is 15.0. The van der Waals surface area contributed by atoms with Gasteiger partial charge >= 0.3 is 0 Å². The molecule has 1 aromatic rings. The van der Waals surface area contributed by atoms with Crippen molar-refractivity contribution in [2.75, 3.05) is 26.8 Å². The highest BCUT2D eigenvalue weighted by Crippen LogP contribution is 2.13. The number of nitrogens with zero attached hydrogens (tertiary/aromatic N) is 1. The van der Waals surface area contributed by atoms with Crippen LogP contribution in [0.15, 0.2) is 18.2 Å². The summed E-state index contributed by atoms with van der Waals surface area (Å²) in [5.74, 6) is -0.321. The van der Waals surface area contributed by atoms with E-state index in [-0.39, 0.29) is 10.8 Å². The van der Waals surface area contributed by atoms with Crippen LogP contribution in [0, 0.1) is 5.82 Å². The fourth-order valence-electron chi connectivity index (χ4n) is 1.65. The molecule has 0 heterocycles. The van der Waals surface area contributed by atoms with Crippen molar-refractivity contribution in [3.05, 3.63) is 35.1 Å². The van der Waals surface area contributed by atoms with Crippen molar-refractivity contribution in [1.82, 2.24) is 4.90 Å². The molecule has 0 aliphatic rings. The van der Waals surface area contributed by atoms with Crippen LogP contribution >= 0.6 is 12.2 Å². The van der Waals surface area contributed by atoms with Gasteiger partial charge in [0, 0.05) is 25.3 Å². The molecule has 0 bridgehead atoms. The molecule has 0 radical (unpaired) electrons. The molecule has 2 N–H and O–H groups in total. The highest BCUT2D eigenvalue weighted by molar-refractivity contribution is 7.80. The van der Waals surface area contributed by atoms with Crippen LogP contribution in [0.5, 0.6) is 0 Å². The topological polar surface area (TPSA) is 38.5 Å². The number of hydrogen-bond donors (Lipinski definition) is 1. The Hall–Kier alpha value is -1.04. The average molecular weight is 270 g/mol. The molecule has 0 spiro atoms. The van der Waals surface area contributed by atoms with Gasteiger partial charge in [-0.2, -0.15) is 0 Å². The van der Waals surface area contributed by atoms with Crippen LogP contribution < -0.4 is 5.73 Å². The lowest BCUT2D eigenvalue weighted by molar-refractivity contribution is 0.120. The lowest BCUT2D eigenvalue weighted by Crippen LogP contribution is -2.24. The van der Waals surface area contributed by atoms with E-state index in [1.807, 2.05) is 14.0 Å². The van der Waals surface area contributed by atoms with E-state index in [2.05, 4.69) is 4.90 Å². The summed E-state index contributed by atoms with van der Waals surface area (Å²) < 4.78 is 18.4. The van der Waals surface area contributed by atoms with Gasteiger partial charge in [-0.3, -0.25) is 4.90 Å². The minimum absolute atomic E-state index is 0.225. The summed E-state index contributed by atoms with van der Waals surface area (Å²) >= 11 is 4.94. The van der Waals surface area contributed by atoms with E-state index in [9.17, 15) is 4.39 Å². The highest BCUT2D eigenvalue weighted by atomic mass is 32.1. The van der Waals surface area contributed by atoms with Crippen LogP contribution in [0.25, 0.3) is 0 Å². The molecule has 0 saturated carbocycles. The summed E-state index contributed by atoms with van der Waals surface area (Å²) in [6, 6.07) is 4.53. The van der Waals surface area contributed by atoms with E-state index in [0.717, 1.165) is 12.1 Å². The minimum Gasteiger partial charge on any atom is -0.389 e. The van der Waals surface area contributed by atoms with Gasteiger partial charge in [0.05, 0.1) is 6.61 Å². The Bertz CT molecular complexity index is 412. The Balaban J connectivity index is 2.68. The molecular weight excluding hydrogens is 251 g/mol. The number of nitrogens with two attached hydrogens (primary N) is 1. The first-order valence-corrected chi connectivity index (χ1v) is 6.30. The molecule has 5 heteroatoms. The molecule has 1 rings (SSSR count). The maximum atomic E-state index is 13.1. The zero-order valence-electron chi connectivity index (χ0n) is 10.8. The maximum Gasteiger partial charge on any atom is 0.123 e. The molecule has 100 valence electrons. The van der Waals surface area contributed by atoms with Crippen molar-refractivity contribution >= 4 is 17.2 Å². The van der Waals surface area contributed by atoms with Crippen molar-refractivity contribution in [1.29, 1.82) is 0 Å². The fraction of sp³-hybridized carbons (Fsp3) is 0.462. The molecule has 0 aliphatic carbocycles. The predicted octanol–water partition coefficient (Wildman–Crippen LogP) is 1.93. The second-order valence-corrected chi connectivity index (χ2v) is 4.54. The first-order chi connectivity index (χ1) is 8.54. The SMILES string of the molecule is CCOCCN(C)Cc1ccc(F)cc1C(N)=S. The van der Waals surface area contributed by atoms with Crippen molar-refractivity contribution in [2.45, 2.75) is 13.5 Å². The average Bonchev–Trinajstić information content (AvgIpc) is 2.31. The highest BCUT2D eigenvalue weighted by Gasteiger charge is 2.09. The van der Waals surface area contributed by atoms with Crippen molar-refractivity contribution < 1.29 is 9.13 Å². The van der Waals surface area contributed by atoms with Crippen LogP contribution in [0.4, 0.5) is 4.39 Å².